The molecule has 1 aromatic heterocycles. The minimum absolute atomic E-state index is 0.000286. The third-order valence-corrected chi connectivity index (χ3v) is 3.08. The first-order chi connectivity index (χ1) is 8.45. The molecule has 0 spiro atoms. The van der Waals surface area contributed by atoms with E-state index in [2.05, 4.69) is 16.9 Å². The van der Waals surface area contributed by atoms with E-state index in [0.29, 0.717) is 0 Å². The van der Waals surface area contributed by atoms with Gasteiger partial charge >= 0.3 is 0 Å². The smallest absolute Gasteiger partial charge is 0.246 e. The number of amides is 2. The van der Waals surface area contributed by atoms with E-state index in [-0.39, 0.29) is 24.3 Å². The number of nitrogens with one attached hydrogen (secondary N) is 1. The quantitative estimate of drug-likeness (QED) is 0.828. The Hall–Kier alpha value is -1.69. The molecular weight excluding hydrogens is 250 g/mol. The van der Waals surface area contributed by atoms with Crippen molar-refractivity contribution in [2.75, 3.05) is 18.9 Å². The highest BCUT2D eigenvalue weighted by Gasteiger charge is 2.15. The van der Waals surface area contributed by atoms with E-state index in [1.165, 1.54) is 22.3 Å². The van der Waals surface area contributed by atoms with Gasteiger partial charge in [-0.2, -0.15) is 0 Å². The van der Waals surface area contributed by atoms with Crippen LogP contribution in [0.15, 0.2) is 18.2 Å². The largest absolute Gasteiger partial charge is 0.333 e. The zero-order valence-corrected chi connectivity index (χ0v) is 11.6. The van der Waals surface area contributed by atoms with Gasteiger partial charge in [0.2, 0.25) is 11.8 Å². The van der Waals surface area contributed by atoms with Crippen LogP contribution in [0.2, 0.25) is 0 Å². The number of rotatable bonds is 5. The molecule has 0 fully saturated rings. The molecule has 0 saturated carbocycles. The van der Waals surface area contributed by atoms with Crippen molar-refractivity contribution in [1.82, 2.24) is 9.88 Å². The molecule has 5 nitrogen and oxygen atoms in total. The summed E-state index contributed by atoms with van der Waals surface area (Å²) >= 11 is 1.38. The first-order valence-corrected chi connectivity index (χ1v) is 6.44. The summed E-state index contributed by atoms with van der Waals surface area (Å²) in [5, 5.41) is 3.52. The summed E-state index contributed by atoms with van der Waals surface area (Å²) in [7, 11) is 1.56. The summed E-state index contributed by atoms with van der Waals surface area (Å²) in [6.07, 6.45) is 1.18. The second-order valence-corrected chi connectivity index (χ2v) is 5.02. The molecule has 1 N–H and O–H groups in total. The second-order valence-electron chi connectivity index (χ2n) is 4.17. The third-order valence-electron chi connectivity index (χ3n) is 2.33. The number of hydrogen-bond acceptors (Lipinski definition) is 4. The Bertz CT molecular complexity index is 454. The molecule has 2 amide bonds. The lowest BCUT2D eigenvalue weighted by Gasteiger charge is -2.14. The maximum absolute atomic E-state index is 11.8. The number of anilines is 1. The van der Waals surface area contributed by atoms with Crippen LogP contribution in [0.3, 0.4) is 0 Å². The van der Waals surface area contributed by atoms with Gasteiger partial charge in [0.15, 0.2) is 0 Å². The van der Waals surface area contributed by atoms with Crippen molar-refractivity contribution in [1.29, 1.82) is 0 Å². The molecule has 0 aliphatic carbocycles. The fraction of sp³-hybridized carbons (Fsp3) is 0.417. The van der Waals surface area contributed by atoms with Crippen molar-refractivity contribution >= 4 is 28.2 Å². The number of likely N-dealkylation sites (N-methyl/N-ethyl adjacent to an activating group) is 1. The Morgan fingerprint density at radius 1 is 1.61 bits per heavy atom. The predicted molar refractivity (Wildman–Crippen MR) is 72.7 cm³/mol. The van der Waals surface area contributed by atoms with Gasteiger partial charge in [0.25, 0.3) is 0 Å². The van der Waals surface area contributed by atoms with Crippen LogP contribution in [-0.2, 0) is 9.59 Å². The molecule has 6 heteroatoms. The maximum Gasteiger partial charge on any atom is 0.246 e. The fourth-order valence-corrected chi connectivity index (χ4v) is 2.23. The summed E-state index contributed by atoms with van der Waals surface area (Å²) in [6, 6.07) is 0. The molecule has 98 valence electrons. The first-order valence-electron chi connectivity index (χ1n) is 5.56. The van der Waals surface area contributed by atoms with Gasteiger partial charge in [-0.3, -0.25) is 9.59 Å². The Morgan fingerprint density at radius 2 is 2.28 bits per heavy atom. The van der Waals surface area contributed by atoms with Gasteiger partial charge < -0.3 is 10.2 Å². The zero-order valence-electron chi connectivity index (χ0n) is 10.8. The van der Waals surface area contributed by atoms with Gasteiger partial charge in [-0.05, 0) is 12.0 Å². The normalized spacial score (nSPS) is 10.2. The Morgan fingerprint density at radius 3 is 2.83 bits per heavy atom. The van der Waals surface area contributed by atoms with Crippen LogP contribution < -0.4 is 5.32 Å². The number of nitrogens with zero attached hydrogens (tertiary/aromatic N) is 2. The van der Waals surface area contributed by atoms with Crippen molar-refractivity contribution in [2.24, 2.45) is 0 Å². The highest BCUT2D eigenvalue weighted by Crippen LogP contribution is 2.26. The van der Waals surface area contributed by atoms with E-state index in [1.807, 2.05) is 13.8 Å². The molecule has 0 atom stereocenters. The first kappa shape index (κ1) is 14.4. The molecule has 0 unspecified atom stereocenters. The van der Waals surface area contributed by atoms with Gasteiger partial charge in [-0.1, -0.05) is 20.4 Å². The molecule has 0 saturated heterocycles. The maximum atomic E-state index is 11.8. The van der Waals surface area contributed by atoms with Gasteiger partial charge in [-0.25, -0.2) is 4.98 Å². The molecular formula is C12H17N3O2S. The average molecular weight is 267 g/mol. The topological polar surface area (TPSA) is 62.3 Å². The fourth-order valence-electron chi connectivity index (χ4n) is 1.37. The van der Waals surface area contributed by atoms with E-state index in [1.54, 1.807) is 12.6 Å². The monoisotopic (exact) mass is 267 g/mol. The van der Waals surface area contributed by atoms with E-state index < -0.39 is 0 Å². The van der Waals surface area contributed by atoms with Gasteiger partial charge in [0, 0.05) is 7.05 Å². The van der Waals surface area contributed by atoms with Gasteiger partial charge in [0.05, 0.1) is 17.7 Å². The van der Waals surface area contributed by atoms with Crippen LogP contribution >= 0.6 is 11.3 Å². The van der Waals surface area contributed by atoms with Crippen LogP contribution in [0.25, 0.3) is 0 Å². The van der Waals surface area contributed by atoms with Crippen LogP contribution in [0, 0.1) is 0 Å². The number of carbonyl (C=O) groups is 2. The molecule has 18 heavy (non-hydrogen) atoms. The summed E-state index contributed by atoms with van der Waals surface area (Å²) < 4.78 is 0. The number of carbonyl (C=O) groups excluding carboxylic acids is 2. The summed E-state index contributed by atoms with van der Waals surface area (Å²) in [5.41, 5.74) is 2.56. The van der Waals surface area contributed by atoms with E-state index in [4.69, 9.17) is 0 Å². The standard InChI is InChI=1S/C12H17N3O2S/c1-5-10(17)15(4)6-9(16)14-12-11(8(2)3)13-7-18-12/h5,7-8H,1,6H2,2-4H3,(H,14,16). The van der Waals surface area contributed by atoms with Crippen LogP contribution in [-0.4, -0.2) is 35.3 Å². The third kappa shape index (κ3) is 3.66. The molecule has 0 radical (unpaired) electrons. The van der Waals surface area contributed by atoms with Crippen molar-refractivity contribution in [3.05, 3.63) is 23.9 Å². The number of thiazole rings is 1. The molecule has 1 heterocycles. The molecule has 1 aromatic rings. The average Bonchev–Trinajstić information content (AvgIpc) is 2.75. The highest BCUT2D eigenvalue weighted by molar-refractivity contribution is 7.14. The molecule has 0 aromatic carbocycles. The van der Waals surface area contributed by atoms with Crippen molar-refractivity contribution in [2.45, 2.75) is 19.8 Å². The molecule has 0 aliphatic heterocycles. The van der Waals surface area contributed by atoms with Crippen molar-refractivity contribution in [3.63, 3.8) is 0 Å². The van der Waals surface area contributed by atoms with E-state index >= 15 is 0 Å². The van der Waals surface area contributed by atoms with Gasteiger partial charge in [0.1, 0.15) is 5.00 Å². The zero-order chi connectivity index (χ0) is 13.7. The Labute approximate surface area is 111 Å². The minimum atomic E-state index is -0.279. The molecule has 0 aliphatic rings. The van der Waals surface area contributed by atoms with Crippen LogP contribution in [0.1, 0.15) is 25.5 Å². The minimum Gasteiger partial charge on any atom is -0.333 e. The van der Waals surface area contributed by atoms with E-state index in [0.717, 1.165) is 10.7 Å². The van der Waals surface area contributed by atoms with E-state index in [9.17, 15) is 9.59 Å². The summed E-state index contributed by atoms with van der Waals surface area (Å²) in [6.45, 7) is 7.40. The number of hydrogen-bond donors (Lipinski definition) is 1. The van der Waals surface area contributed by atoms with Crippen molar-refractivity contribution < 1.29 is 9.59 Å². The van der Waals surface area contributed by atoms with Crippen LogP contribution in [0.4, 0.5) is 5.00 Å². The lowest BCUT2D eigenvalue weighted by Crippen LogP contribution is -2.33. The molecule has 0 bridgehead atoms. The SMILES string of the molecule is C=CC(=O)N(C)CC(=O)Nc1scnc1C(C)C. The van der Waals surface area contributed by atoms with Gasteiger partial charge in [-0.15, -0.1) is 11.3 Å². The highest BCUT2D eigenvalue weighted by atomic mass is 32.1. The predicted octanol–water partition coefficient (Wildman–Crippen LogP) is 1.85. The Balaban J connectivity index is 2.62. The summed E-state index contributed by atoms with van der Waals surface area (Å²) in [4.78, 5) is 28.5. The number of aromatic nitrogens is 1. The lowest BCUT2D eigenvalue weighted by molar-refractivity contribution is -0.129. The lowest BCUT2D eigenvalue weighted by atomic mass is 10.1. The van der Waals surface area contributed by atoms with Crippen LogP contribution in [0.5, 0.6) is 0 Å². The Kier molecular flexibility index (Phi) is 5.03. The van der Waals surface area contributed by atoms with Crippen molar-refractivity contribution in [3.8, 4) is 0 Å². The molecule has 1 rings (SSSR count). The summed E-state index contributed by atoms with van der Waals surface area (Å²) in [5.74, 6) is -0.267. The second kappa shape index (κ2) is 6.30.